The molecule has 0 N–H and O–H groups in total. The number of rotatable bonds is 7. The van der Waals surface area contributed by atoms with Crippen molar-refractivity contribution in [2.75, 3.05) is 4.90 Å². The maximum absolute atomic E-state index is 2.50. The van der Waals surface area contributed by atoms with Gasteiger partial charge in [-0.05, 0) is 143 Å². The van der Waals surface area contributed by atoms with Gasteiger partial charge in [0.05, 0.1) is 10.8 Å². The molecule has 1 heteroatoms. The van der Waals surface area contributed by atoms with E-state index in [0.29, 0.717) is 0 Å². The van der Waals surface area contributed by atoms with Crippen molar-refractivity contribution in [3.8, 4) is 44.5 Å². The lowest BCUT2D eigenvalue weighted by Gasteiger charge is -2.47. The Morgan fingerprint density at radius 3 is 1.15 bits per heavy atom. The second-order valence-corrected chi connectivity index (χ2v) is 20.3. The average Bonchev–Trinajstić information content (AvgIpc) is 3.93. The average molecular weight is 918 g/mol. The summed E-state index contributed by atoms with van der Waals surface area (Å²) in [6.07, 6.45) is 0. The molecule has 0 aliphatic heterocycles. The van der Waals surface area contributed by atoms with Crippen molar-refractivity contribution in [1.82, 2.24) is 0 Å². The fourth-order valence-electron chi connectivity index (χ4n) is 13.3. The van der Waals surface area contributed by atoms with Crippen molar-refractivity contribution < 1.29 is 0 Å². The van der Waals surface area contributed by atoms with Crippen LogP contribution in [0.5, 0.6) is 0 Å². The highest BCUT2D eigenvalue weighted by atomic mass is 15.1. The molecule has 11 aromatic rings. The van der Waals surface area contributed by atoms with Crippen molar-refractivity contribution in [3.63, 3.8) is 0 Å². The van der Waals surface area contributed by atoms with Crippen molar-refractivity contribution in [2.45, 2.75) is 30.1 Å². The zero-order valence-electron chi connectivity index (χ0n) is 40.4. The van der Waals surface area contributed by atoms with Gasteiger partial charge in [-0.15, -0.1) is 0 Å². The fourth-order valence-corrected chi connectivity index (χ4v) is 13.3. The Morgan fingerprint density at radius 2 is 0.597 bits per heavy atom. The molecule has 0 aromatic heterocycles. The normalized spacial score (nSPS) is 14.6. The Kier molecular flexibility index (Phi) is 9.44. The van der Waals surface area contributed by atoms with Gasteiger partial charge in [-0.1, -0.05) is 244 Å². The molecule has 0 unspecified atom stereocenters. The summed E-state index contributed by atoms with van der Waals surface area (Å²) in [5.74, 6) is 0. The third-order valence-corrected chi connectivity index (χ3v) is 16.4. The quantitative estimate of drug-likeness (QED) is 0.154. The highest BCUT2D eigenvalue weighted by molar-refractivity contribution is 5.91. The third kappa shape index (κ3) is 5.95. The summed E-state index contributed by atoms with van der Waals surface area (Å²) in [7, 11) is 0. The first-order chi connectivity index (χ1) is 35.5. The predicted octanol–water partition coefficient (Wildman–Crippen LogP) is 17.9. The second-order valence-electron chi connectivity index (χ2n) is 20.3. The van der Waals surface area contributed by atoms with Gasteiger partial charge in [0.1, 0.15) is 0 Å². The molecule has 72 heavy (non-hydrogen) atoms. The van der Waals surface area contributed by atoms with Crippen LogP contribution >= 0.6 is 0 Å². The summed E-state index contributed by atoms with van der Waals surface area (Å²) in [5.41, 5.74) is 25.5. The molecule has 0 fully saturated rings. The van der Waals surface area contributed by atoms with E-state index in [1.165, 1.54) is 100 Å². The van der Waals surface area contributed by atoms with Gasteiger partial charge in [0.2, 0.25) is 0 Å². The Bertz CT molecular complexity index is 3780. The minimum Gasteiger partial charge on any atom is -0.310 e. The van der Waals surface area contributed by atoms with E-state index in [0.717, 1.165) is 17.1 Å². The topological polar surface area (TPSA) is 3.24 Å². The van der Waals surface area contributed by atoms with Crippen LogP contribution in [0, 0.1) is 0 Å². The summed E-state index contributed by atoms with van der Waals surface area (Å²) < 4.78 is 0. The second kappa shape index (κ2) is 16.1. The summed E-state index contributed by atoms with van der Waals surface area (Å²) in [4.78, 5) is 2.45. The van der Waals surface area contributed by atoms with E-state index in [-0.39, 0.29) is 5.41 Å². The molecule has 11 aromatic carbocycles. The van der Waals surface area contributed by atoms with Gasteiger partial charge in [0, 0.05) is 22.5 Å². The molecule has 14 rings (SSSR count). The standard InChI is InChI=1S/C71H51N/c1-69(2)65-32-18-19-33-66(65)71(62-30-16-12-26-57(62)58-27-13-17-31-63(58)71)67-45-43-56(47-68(67)69)72(54-39-34-49(35-40-54)48-20-6-3-7-21-48)55-41-36-50(37-42-55)51-38-44-64-60(46-51)59-28-14-15-29-61(59)70(64,52-22-8-4-9-23-52)53-24-10-5-11-25-53/h3-47H,1-2H3. The number of benzene rings is 11. The molecule has 0 heterocycles. The minimum atomic E-state index is -0.449. The van der Waals surface area contributed by atoms with E-state index in [1.807, 2.05) is 0 Å². The molecule has 340 valence electrons. The molecule has 0 atom stereocenters. The SMILES string of the molecule is CC1(C)c2ccccc2C2(c3ccccc3-c3ccccc32)c2ccc(N(c3ccc(-c4ccccc4)cc3)c3ccc(-c4ccc5c(c4)-c4ccccc4C5(c4ccccc4)c4ccccc4)cc3)cc21. The van der Waals surface area contributed by atoms with Gasteiger partial charge >= 0.3 is 0 Å². The van der Waals surface area contributed by atoms with Crippen LogP contribution in [0.25, 0.3) is 44.5 Å². The largest absolute Gasteiger partial charge is 0.310 e. The Labute approximate surface area is 423 Å². The highest BCUT2D eigenvalue weighted by Gasteiger charge is 2.53. The van der Waals surface area contributed by atoms with Crippen LogP contribution in [0.15, 0.2) is 273 Å². The van der Waals surface area contributed by atoms with E-state index >= 15 is 0 Å². The number of hydrogen-bond acceptors (Lipinski definition) is 1. The van der Waals surface area contributed by atoms with E-state index < -0.39 is 10.8 Å². The van der Waals surface area contributed by atoms with Crippen LogP contribution in [-0.2, 0) is 16.2 Å². The Balaban J connectivity index is 0.921. The molecule has 0 bridgehead atoms. The van der Waals surface area contributed by atoms with Crippen molar-refractivity contribution in [2.24, 2.45) is 0 Å². The number of hydrogen-bond donors (Lipinski definition) is 0. The molecule has 0 saturated heterocycles. The monoisotopic (exact) mass is 917 g/mol. The first kappa shape index (κ1) is 42.1. The van der Waals surface area contributed by atoms with Gasteiger partial charge in [-0.2, -0.15) is 0 Å². The smallest absolute Gasteiger partial charge is 0.0719 e. The Morgan fingerprint density at radius 1 is 0.236 bits per heavy atom. The van der Waals surface area contributed by atoms with Gasteiger partial charge < -0.3 is 4.90 Å². The minimum absolute atomic E-state index is 0.281. The summed E-state index contributed by atoms with van der Waals surface area (Å²) in [5, 5.41) is 0. The van der Waals surface area contributed by atoms with E-state index in [1.54, 1.807) is 0 Å². The molecule has 0 radical (unpaired) electrons. The number of nitrogens with zero attached hydrogens (tertiary/aromatic N) is 1. The third-order valence-electron chi connectivity index (χ3n) is 16.4. The predicted molar refractivity (Wildman–Crippen MR) is 299 cm³/mol. The van der Waals surface area contributed by atoms with Crippen molar-refractivity contribution in [3.05, 3.63) is 329 Å². The van der Waals surface area contributed by atoms with Crippen LogP contribution in [0.3, 0.4) is 0 Å². The Hall–Kier alpha value is -8.78. The number of fused-ring (bicyclic) bond motifs is 12. The van der Waals surface area contributed by atoms with Gasteiger partial charge in [0.25, 0.3) is 0 Å². The lowest BCUT2D eigenvalue weighted by Crippen LogP contribution is -2.40. The molecular weight excluding hydrogens is 867 g/mol. The maximum atomic E-state index is 2.50. The van der Waals surface area contributed by atoms with Gasteiger partial charge in [-0.3, -0.25) is 0 Å². The van der Waals surface area contributed by atoms with Crippen LogP contribution in [0.2, 0.25) is 0 Å². The summed E-state index contributed by atoms with van der Waals surface area (Å²) >= 11 is 0. The first-order valence-corrected chi connectivity index (χ1v) is 25.3. The summed E-state index contributed by atoms with van der Waals surface area (Å²) in [6.45, 7) is 4.83. The summed E-state index contributed by atoms with van der Waals surface area (Å²) in [6, 6.07) is 102. The maximum Gasteiger partial charge on any atom is 0.0719 e. The molecule has 0 saturated carbocycles. The van der Waals surface area contributed by atoms with Crippen molar-refractivity contribution in [1.29, 1.82) is 0 Å². The van der Waals surface area contributed by atoms with Gasteiger partial charge in [0.15, 0.2) is 0 Å². The zero-order valence-corrected chi connectivity index (χ0v) is 40.4. The van der Waals surface area contributed by atoms with Crippen LogP contribution in [0.4, 0.5) is 17.1 Å². The zero-order chi connectivity index (χ0) is 48.0. The lowest BCUT2D eigenvalue weighted by atomic mass is 9.55. The fraction of sp³-hybridized carbons (Fsp3) is 0.0704. The highest BCUT2D eigenvalue weighted by Crippen LogP contribution is 2.63. The molecule has 1 nitrogen and oxygen atoms in total. The lowest BCUT2D eigenvalue weighted by molar-refractivity contribution is 0.563. The molecule has 3 aliphatic rings. The van der Waals surface area contributed by atoms with Gasteiger partial charge in [-0.25, -0.2) is 0 Å². The number of anilines is 3. The van der Waals surface area contributed by atoms with Crippen LogP contribution < -0.4 is 4.90 Å². The van der Waals surface area contributed by atoms with E-state index in [2.05, 4.69) is 292 Å². The van der Waals surface area contributed by atoms with Crippen LogP contribution in [0.1, 0.15) is 69.5 Å². The molecule has 3 aliphatic carbocycles. The molecule has 0 amide bonds. The first-order valence-electron chi connectivity index (χ1n) is 25.3. The van der Waals surface area contributed by atoms with E-state index in [4.69, 9.17) is 0 Å². The van der Waals surface area contributed by atoms with Crippen molar-refractivity contribution >= 4 is 17.1 Å². The molecule has 1 spiro atoms. The molecular formula is C71H51N. The van der Waals surface area contributed by atoms with E-state index in [9.17, 15) is 0 Å². The van der Waals surface area contributed by atoms with Crippen LogP contribution in [-0.4, -0.2) is 0 Å².